The molecule has 2 rings (SSSR count). The van der Waals surface area contributed by atoms with Gasteiger partial charge in [0.15, 0.2) is 0 Å². The first-order valence-electron chi connectivity index (χ1n) is 5.33. The van der Waals surface area contributed by atoms with Crippen molar-refractivity contribution >= 4 is 0 Å². The molecule has 3 nitrogen and oxygen atoms in total. The molecule has 3 heteroatoms. The SMILES string of the molecule is Cc1ccc2c(c1)CC(COCCN)O2. The van der Waals surface area contributed by atoms with Gasteiger partial charge in [0.05, 0.1) is 13.2 Å². The molecule has 0 spiro atoms. The summed E-state index contributed by atoms with van der Waals surface area (Å²) in [5, 5.41) is 0. The van der Waals surface area contributed by atoms with Crippen molar-refractivity contribution < 1.29 is 9.47 Å². The largest absolute Gasteiger partial charge is 0.487 e. The number of rotatable bonds is 4. The number of benzene rings is 1. The molecule has 1 atom stereocenters. The summed E-state index contributed by atoms with van der Waals surface area (Å²) < 4.78 is 11.1. The van der Waals surface area contributed by atoms with Crippen molar-refractivity contribution in [2.75, 3.05) is 19.8 Å². The topological polar surface area (TPSA) is 44.5 Å². The molecule has 1 aromatic carbocycles. The zero-order chi connectivity index (χ0) is 10.7. The fourth-order valence-corrected chi connectivity index (χ4v) is 1.84. The maximum atomic E-state index is 5.74. The smallest absolute Gasteiger partial charge is 0.126 e. The number of fused-ring (bicyclic) bond motifs is 1. The zero-order valence-electron chi connectivity index (χ0n) is 9.03. The van der Waals surface area contributed by atoms with Gasteiger partial charge >= 0.3 is 0 Å². The Morgan fingerprint density at radius 2 is 2.40 bits per heavy atom. The first-order chi connectivity index (χ1) is 7.29. The summed E-state index contributed by atoms with van der Waals surface area (Å²) >= 11 is 0. The molecular weight excluding hydrogens is 190 g/mol. The Morgan fingerprint density at radius 3 is 3.20 bits per heavy atom. The van der Waals surface area contributed by atoms with Crippen LogP contribution in [0.3, 0.4) is 0 Å². The highest BCUT2D eigenvalue weighted by molar-refractivity contribution is 5.40. The van der Waals surface area contributed by atoms with E-state index in [1.54, 1.807) is 0 Å². The van der Waals surface area contributed by atoms with Crippen molar-refractivity contribution in [2.45, 2.75) is 19.4 Å². The number of ether oxygens (including phenoxy) is 2. The van der Waals surface area contributed by atoms with Crippen LogP contribution in [0.1, 0.15) is 11.1 Å². The summed E-state index contributed by atoms with van der Waals surface area (Å²) in [6.07, 6.45) is 1.11. The third kappa shape index (κ3) is 2.49. The van der Waals surface area contributed by atoms with Crippen molar-refractivity contribution in [1.29, 1.82) is 0 Å². The number of hydrogen-bond acceptors (Lipinski definition) is 3. The number of hydrogen-bond donors (Lipinski definition) is 1. The van der Waals surface area contributed by atoms with Gasteiger partial charge in [-0.15, -0.1) is 0 Å². The van der Waals surface area contributed by atoms with Crippen LogP contribution >= 0.6 is 0 Å². The summed E-state index contributed by atoms with van der Waals surface area (Å²) in [5.74, 6) is 1.00. The Labute approximate surface area is 90.2 Å². The van der Waals surface area contributed by atoms with E-state index in [1.165, 1.54) is 11.1 Å². The first kappa shape index (κ1) is 10.5. The van der Waals surface area contributed by atoms with Gasteiger partial charge in [0, 0.05) is 13.0 Å². The minimum Gasteiger partial charge on any atom is -0.487 e. The molecule has 0 aliphatic carbocycles. The van der Waals surface area contributed by atoms with E-state index in [9.17, 15) is 0 Å². The van der Waals surface area contributed by atoms with Gasteiger partial charge < -0.3 is 15.2 Å². The highest BCUT2D eigenvalue weighted by atomic mass is 16.5. The van der Waals surface area contributed by atoms with Crippen LogP contribution in [-0.4, -0.2) is 25.9 Å². The summed E-state index contributed by atoms with van der Waals surface area (Å²) in [4.78, 5) is 0. The Balaban J connectivity index is 1.91. The molecule has 1 unspecified atom stereocenters. The lowest BCUT2D eigenvalue weighted by molar-refractivity contribution is 0.0648. The molecule has 82 valence electrons. The highest BCUT2D eigenvalue weighted by Gasteiger charge is 2.22. The Hall–Kier alpha value is -1.06. The minimum absolute atomic E-state index is 0.161. The van der Waals surface area contributed by atoms with Crippen LogP contribution in [0.2, 0.25) is 0 Å². The van der Waals surface area contributed by atoms with Crippen molar-refractivity contribution in [1.82, 2.24) is 0 Å². The van der Waals surface area contributed by atoms with Gasteiger partial charge in [0.1, 0.15) is 11.9 Å². The molecule has 0 saturated carbocycles. The van der Waals surface area contributed by atoms with E-state index < -0.39 is 0 Å². The second kappa shape index (κ2) is 4.64. The molecule has 0 aromatic heterocycles. The molecule has 1 aliphatic heterocycles. The lowest BCUT2D eigenvalue weighted by atomic mass is 10.1. The molecule has 2 N–H and O–H groups in total. The summed E-state index contributed by atoms with van der Waals surface area (Å²) in [5.41, 5.74) is 7.92. The second-order valence-electron chi connectivity index (χ2n) is 3.92. The van der Waals surface area contributed by atoms with Crippen LogP contribution in [0.4, 0.5) is 0 Å². The van der Waals surface area contributed by atoms with Gasteiger partial charge in [-0.3, -0.25) is 0 Å². The molecular formula is C12H17NO2. The van der Waals surface area contributed by atoms with Crippen LogP contribution < -0.4 is 10.5 Å². The standard InChI is InChI=1S/C12H17NO2/c1-9-2-3-12-10(6-9)7-11(15-12)8-14-5-4-13/h2-3,6,11H,4-5,7-8,13H2,1H3. The third-order valence-corrected chi connectivity index (χ3v) is 2.52. The zero-order valence-corrected chi connectivity index (χ0v) is 9.03. The van der Waals surface area contributed by atoms with Crippen molar-refractivity contribution in [3.05, 3.63) is 29.3 Å². The maximum Gasteiger partial charge on any atom is 0.126 e. The first-order valence-corrected chi connectivity index (χ1v) is 5.33. The number of nitrogens with two attached hydrogens (primary N) is 1. The lowest BCUT2D eigenvalue weighted by Gasteiger charge is -2.10. The Bertz CT molecular complexity index is 338. The van der Waals surface area contributed by atoms with Crippen LogP contribution in [0.15, 0.2) is 18.2 Å². The average molecular weight is 207 g/mol. The monoisotopic (exact) mass is 207 g/mol. The maximum absolute atomic E-state index is 5.74. The van der Waals surface area contributed by atoms with Gasteiger partial charge in [0.25, 0.3) is 0 Å². The molecule has 15 heavy (non-hydrogen) atoms. The fourth-order valence-electron chi connectivity index (χ4n) is 1.84. The molecule has 0 radical (unpaired) electrons. The minimum atomic E-state index is 0.161. The average Bonchev–Trinajstić information content (AvgIpc) is 2.60. The lowest BCUT2D eigenvalue weighted by Crippen LogP contribution is -2.22. The summed E-state index contributed by atoms with van der Waals surface area (Å²) in [6.45, 7) is 3.90. The molecule has 1 aliphatic rings. The predicted molar refractivity (Wildman–Crippen MR) is 59.2 cm³/mol. The molecule has 1 aromatic rings. The molecule has 1 heterocycles. The van der Waals surface area contributed by atoms with E-state index >= 15 is 0 Å². The second-order valence-corrected chi connectivity index (χ2v) is 3.92. The van der Waals surface area contributed by atoms with E-state index in [4.69, 9.17) is 15.2 Å². The van der Waals surface area contributed by atoms with Gasteiger partial charge in [0.2, 0.25) is 0 Å². The van der Waals surface area contributed by atoms with Crippen molar-refractivity contribution in [3.63, 3.8) is 0 Å². The molecule has 0 amide bonds. The number of aryl methyl sites for hydroxylation is 1. The van der Waals surface area contributed by atoms with Gasteiger partial charge in [-0.2, -0.15) is 0 Å². The van der Waals surface area contributed by atoms with Crippen molar-refractivity contribution in [3.8, 4) is 5.75 Å². The summed E-state index contributed by atoms with van der Waals surface area (Å²) in [6, 6.07) is 6.29. The van der Waals surface area contributed by atoms with Gasteiger partial charge in [-0.1, -0.05) is 17.7 Å². The Morgan fingerprint density at radius 1 is 1.53 bits per heavy atom. The molecule has 0 saturated heterocycles. The third-order valence-electron chi connectivity index (χ3n) is 2.52. The van der Waals surface area contributed by atoms with E-state index in [-0.39, 0.29) is 6.10 Å². The predicted octanol–water partition coefficient (Wildman–Crippen LogP) is 1.27. The van der Waals surface area contributed by atoms with E-state index in [0.29, 0.717) is 19.8 Å². The highest BCUT2D eigenvalue weighted by Crippen LogP contribution is 2.29. The van der Waals surface area contributed by atoms with E-state index in [0.717, 1.165) is 12.2 Å². The van der Waals surface area contributed by atoms with Crippen LogP contribution in [0, 0.1) is 6.92 Å². The molecule has 0 bridgehead atoms. The summed E-state index contributed by atoms with van der Waals surface area (Å²) in [7, 11) is 0. The van der Waals surface area contributed by atoms with Crippen LogP contribution in [-0.2, 0) is 11.2 Å². The van der Waals surface area contributed by atoms with Gasteiger partial charge in [-0.25, -0.2) is 0 Å². The van der Waals surface area contributed by atoms with Crippen LogP contribution in [0.25, 0.3) is 0 Å². The molecule has 0 fully saturated rings. The normalized spacial score (nSPS) is 18.7. The fraction of sp³-hybridized carbons (Fsp3) is 0.500. The quantitative estimate of drug-likeness (QED) is 0.756. The van der Waals surface area contributed by atoms with Crippen molar-refractivity contribution in [2.24, 2.45) is 5.73 Å². The van der Waals surface area contributed by atoms with E-state index in [2.05, 4.69) is 19.1 Å². The Kier molecular flexibility index (Phi) is 3.23. The van der Waals surface area contributed by atoms with Crippen LogP contribution in [0.5, 0.6) is 5.75 Å². The van der Waals surface area contributed by atoms with E-state index in [1.807, 2.05) is 6.07 Å². The van der Waals surface area contributed by atoms with Gasteiger partial charge in [-0.05, 0) is 18.6 Å².